The second-order valence-electron chi connectivity index (χ2n) is 5.40. The molecule has 2 heterocycles. The van der Waals surface area contributed by atoms with Crippen LogP contribution in [0, 0.1) is 0 Å². The number of aromatic nitrogens is 2. The van der Waals surface area contributed by atoms with Crippen molar-refractivity contribution in [2.75, 3.05) is 10.6 Å². The van der Waals surface area contributed by atoms with Crippen molar-refractivity contribution < 1.29 is 14.4 Å². The molecule has 132 valence electrons. The third kappa shape index (κ3) is 3.95. The Morgan fingerprint density at radius 1 is 1.04 bits per heavy atom. The van der Waals surface area contributed by atoms with Gasteiger partial charge in [0.2, 0.25) is 5.91 Å². The van der Waals surface area contributed by atoms with E-state index in [1.54, 1.807) is 12.1 Å². The Hall–Kier alpha value is -3.46. The van der Waals surface area contributed by atoms with Crippen LogP contribution >= 0.6 is 11.3 Å². The first kappa shape index (κ1) is 17.4. The van der Waals surface area contributed by atoms with E-state index < -0.39 is 11.8 Å². The molecule has 26 heavy (non-hydrogen) atoms. The Labute approximate surface area is 152 Å². The molecule has 0 saturated heterocycles. The first-order valence-electron chi connectivity index (χ1n) is 7.56. The number of amides is 3. The van der Waals surface area contributed by atoms with Gasteiger partial charge in [0.1, 0.15) is 11.4 Å². The van der Waals surface area contributed by atoms with Crippen molar-refractivity contribution in [1.29, 1.82) is 0 Å². The molecule has 3 rings (SSSR count). The van der Waals surface area contributed by atoms with Crippen LogP contribution in [0.3, 0.4) is 0 Å². The smallest absolute Gasteiger partial charge is 0.273 e. The molecule has 0 fully saturated rings. The van der Waals surface area contributed by atoms with E-state index in [0.29, 0.717) is 16.5 Å². The van der Waals surface area contributed by atoms with E-state index in [0.717, 1.165) is 5.56 Å². The molecule has 0 aliphatic rings. The van der Waals surface area contributed by atoms with Crippen molar-refractivity contribution in [3.63, 3.8) is 0 Å². The summed E-state index contributed by atoms with van der Waals surface area (Å²) >= 11 is 1.28. The fraction of sp³-hybridized carbons (Fsp3) is 0.0588. The highest BCUT2D eigenvalue weighted by molar-refractivity contribution is 7.14. The molecule has 8 nitrogen and oxygen atoms in total. The molecule has 0 saturated carbocycles. The minimum atomic E-state index is -0.636. The normalized spacial score (nSPS) is 10.3. The molecule has 2 aromatic heterocycles. The van der Waals surface area contributed by atoms with Gasteiger partial charge in [-0.25, -0.2) is 4.98 Å². The van der Waals surface area contributed by atoms with Gasteiger partial charge in [-0.1, -0.05) is 12.1 Å². The maximum atomic E-state index is 12.2. The molecule has 5 N–H and O–H groups in total. The zero-order valence-electron chi connectivity index (χ0n) is 13.7. The maximum Gasteiger partial charge on any atom is 0.273 e. The quantitative estimate of drug-likeness (QED) is 0.550. The van der Waals surface area contributed by atoms with Crippen LogP contribution in [0.25, 0.3) is 11.3 Å². The van der Waals surface area contributed by atoms with Crippen molar-refractivity contribution in [3.8, 4) is 11.3 Å². The number of hydrogen-bond donors (Lipinski definition) is 4. The first-order valence-corrected chi connectivity index (χ1v) is 8.44. The number of carbonyl (C=O) groups excluding carboxylic acids is 3. The third-order valence-electron chi connectivity index (χ3n) is 3.42. The van der Waals surface area contributed by atoms with Gasteiger partial charge in [0.15, 0.2) is 5.13 Å². The van der Waals surface area contributed by atoms with E-state index in [1.807, 2.05) is 17.5 Å². The molecule has 3 amide bonds. The van der Waals surface area contributed by atoms with Crippen molar-refractivity contribution in [3.05, 3.63) is 53.2 Å². The summed E-state index contributed by atoms with van der Waals surface area (Å²) in [7, 11) is 0. The summed E-state index contributed by atoms with van der Waals surface area (Å²) in [5.41, 5.74) is 7.78. The molecule has 0 spiro atoms. The number of anilines is 2. The lowest BCUT2D eigenvalue weighted by Gasteiger charge is -2.03. The van der Waals surface area contributed by atoms with Gasteiger partial charge in [0.05, 0.1) is 5.69 Å². The average Bonchev–Trinajstić information content (AvgIpc) is 3.24. The van der Waals surface area contributed by atoms with Crippen molar-refractivity contribution in [2.45, 2.75) is 6.92 Å². The summed E-state index contributed by atoms with van der Waals surface area (Å²) < 4.78 is 0. The predicted octanol–water partition coefficient (Wildman–Crippen LogP) is 2.45. The first-order chi connectivity index (χ1) is 12.4. The van der Waals surface area contributed by atoms with Gasteiger partial charge in [0.25, 0.3) is 11.8 Å². The minimum absolute atomic E-state index is 0.139. The second-order valence-corrected chi connectivity index (χ2v) is 6.26. The summed E-state index contributed by atoms with van der Waals surface area (Å²) in [6.07, 6.45) is 0. The van der Waals surface area contributed by atoms with E-state index in [9.17, 15) is 14.4 Å². The number of H-pyrrole nitrogens is 1. The highest BCUT2D eigenvalue weighted by Gasteiger charge is 2.13. The molecule has 0 aliphatic carbocycles. The lowest BCUT2D eigenvalue weighted by molar-refractivity contribution is -0.114. The molecular weight excluding hydrogens is 354 g/mol. The number of rotatable bonds is 5. The predicted molar refractivity (Wildman–Crippen MR) is 99.1 cm³/mol. The lowest BCUT2D eigenvalue weighted by atomic mass is 10.1. The van der Waals surface area contributed by atoms with Crippen LogP contribution < -0.4 is 16.4 Å². The zero-order chi connectivity index (χ0) is 18.7. The number of benzene rings is 1. The monoisotopic (exact) mass is 369 g/mol. The van der Waals surface area contributed by atoms with Crippen LogP contribution in [0.2, 0.25) is 0 Å². The van der Waals surface area contributed by atoms with Gasteiger partial charge in [-0.3, -0.25) is 19.7 Å². The molecule has 0 aliphatic heterocycles. The van der Waals surface area contributed by atoms with Gasteiger partial charge in [-0.15, -0.1) is 11.3 Å². The van der Waals surface area contributed by atoms with Gasteiger partial charge in [0, 0.05) is 23.6 Å². The topological polar surface area (TPSA) is 130 Å². The summed E-state index contributed by atoms with van der Waals surface area (Å²) in [5, 5.41) is 7.59. The Kier molecular flexibility index (Phi) is 4.81. The molecule has 3 aromatic rings. The maximum absolute atomic E-state index is 12.2. The van der Waals surface area contributed by atoms with E-state index in [1.165, 1.54) is 30.4 Å². The number of nitrogens with zero attached hydrogens (tertiary/aromatic N) is 1. The SMILES string of the molecule is CC(=O)Nc1ccc(-c2csc(NC(=O)c3ccc(C(N)=O)[nH]3)n2)cc1. The standard InChI is InChI=1S/C17H15N5O3S/c1-9(23)19-11-4-2-10(3-5-11)14-8-26-17(21-14)22-16(25)13-7-6-12(20-13)15(18)24/h2-8,20H,1H3,(H2,18,24)(H,19,23)(H,21,22,25). The molecule has 1 aromatic carbocycles. The number of primary amides is 1. The van der Waals surface area contributed by atoms with Crippen LogP contribution in [0.1, 0.15) is 27.9 Å². The van der Waals surface area contributed by atoms with Gasteiger partial charge in [-0.05, 0) is 24.3 Å². The molecule has 9 heteroatoms. The summed E-state index contributed by atoms with van der Waals surface area (Å²) in [4.78, 5) is 41.3. The molecule has 0 unspecified atom stereocenters. The summed E-state index contributed by atoms with van der Waals surface area (Å²) in [6.45, 7) is 1.44. The van der Waals surface area contributed by atoms with E-state index >= 15 is 0 Å². The van der Waals surface area contributed by atoms with Gasteiger partial charge >= 0.3 is 0 Å². The second kappa shape index (κ2) is 7.19. The van der Waals surface area contributed by atoms with Crippen LogP contribution in [-0.2, 0) is 4.79 Å². The van der Waals surface area contributed by atoms with Crippen LogP contribution in [0.15, 0.2) is 41.8 Å². The van der Waals surface area contributed by atoms with E-state index in [4.69, 9.17) is 5.73 Å². The largest absolute Gasteiger partial charge is 0.364 e. The number of nitrogens with two attached hydrogens (primary N) is 1. The molecule has 0 atom stereocenters. The summed E-state index contributed by atoms with van der Waals surface area (Å²) in [6, 6.07) is 10.1. The van der Waals surface area contributed by atoms with Gasteiger partial charge in [-0.2, -0.15) is 0 Å². The van der Waals surface area contributed by atoms with Crippen LogP contribution in [0.5, 0.6) is 0 Å². The number of aromatic amines is 1. The molecule has 0 bridgehead atoms. The highest BCUT2D eigenvalue weighted by atomic mass is 32.1. The van der Waals surface area contributed by atoms with Crippen molar-refractivity contribution >= 4 is 39.9 Å². The number of carbonyl (C=O) groups is 3. The average molecular weight is 369 g/mol. The Bertz CT molecular complexity index is 974. The third-order valence-corrected chi connectivity index (χ3v) is 4.18. The Morgan fingerprint density at radius 2 is 1.73 bits per heavy atom. The lowest BCUT2D eigenvalue weighted by Crippen LogP contribution is -2.14. The van der Waals surface area contributed by atoms with Crippen LogP contribution in [0.4, 0.5) is 10.8 Å². The Balaban J connectivity index is 1.70. The van der Waals surface area contributed by atoms with Crippen molar-refractivity contribution in [2.24, 2.45) is 5.73 Å². The Morgan fingerprint density at radius 3 is 2.35 bits per heavy atom. The summed E-state index contributed by atoms with van der Waals surface area (Å²) in [5.74, 6) is -1.19. The molecule has 0 radical (unpaired) electrons. The van der Waals surface area contributed by atoms with Crippen molar-refractivity contribution in [1.82, 2.24) is 9.97 Å². The van der Waals surface area contributed by atoms with E-state index in [2.05, 4.69) is 20.6 Å². The molecular formula is C17H15N5O3S. The minimum Gasteiger partial charge on any atom is -0.364 e. The number of thiazole rings is 1. The fourth-order valence-corrected chi connectivity index (χ4v) is 2.94. The van der Waals surface area contributed by atoms with Gasteiger partial charge < -0.3 is 16.0 Å². The number of hydrogen-bond acceptors (Lipinski definition) is 5. The number of nitrogens with one attached hydrogen (secondary N) is 3. The van der Waals surface area contributed by atoms with E-state index in [-0.39, 0.29) is 17.3 Å². The highest BCUT2D eigenvalue weighted by Crippen LogP contribution is 2.26. The zero-order valence-corrected chi connectivity index (χ0v) is 14.5. The fourth-order valence-electron chi connectivity index (χ4n) is 2.23. The van der Waals surface area contributed by atoms with Crippen LogP contribution in [-0.4, -0.2) is 27.7 Å².